The third-order valence-electron chi connectivity index (χ3n) is 2.66. The molecule has 0 radical (unpaired) electrons. The van der Waals surface area contributed by atoms with Crippen molar-refractivity contribution >= 4 is 10.9 Å². The second-order valence-corrected chi connectivity index (χ2v) is 3.93. The molecule has 2 aromatic rings. The Hall–Kier alpha value is -1.79. The van der Waals surface area contributed by atoms with Crippen LogP contribution in [0, 0.1) is 0 Å². The highest BCUT2D eigenvalue weighted by Gasteiger charge is 2.12. The zero-order valence-electron chi connectivity index (χ0n) is 11.1. The van der Waals surface area contributed by atoms with E-state index in [1.807, 2.05) is 19.9 Å². The van der Waals surface area contributed by atoms with Crippen LogP contribution in [0.4, 0.5) is 0 Å². The molecule has 0 saturated heterocycles. The normalized spacial score (nSPS) is 11.3. The molecule has 0 aliphatic rings. The number of hydrogen-bond acceptors (Lipinski definition) is 5. The first-order chi connectivity index (χ1) is 9.26. The summed E-state index contributed by atoms with van der Waals surface area (Å²) in [6.07, 6.45) is -0.483. The molecule has 0 N–H and O–H groups in total. The predicted octanol–water partition coefficient (Wildman–Crippen LogP) is 1.19. The van der Waals surface area contributed by atoms with Gasteiger partial charge in [-0.3, -0.25) is 4.79 Å². The molecular weight excluding hydrogens is 246 g/mol. The smallest absolute Gasteiger partial charge is 0.277 e. The van der Waals surface area contributed by atoms with E-state index in [9.17, 15) is 4.79 Å². The molecule has 0 bridgehead atoms. The molecule has 0 unspecified atom stereocenters. The maximum Gasteiger partial charge on any atom is 0.277 e. The molecule has 19 heavy (non-hydrogen) atoms. The largest absolute Gasteiger partial charge is 0.351 e. The Morgan fingerprint density at radius 1 is 1.21 bits per heavy atom. The number of fused-ring (bicyclic) bond motifs is 1. The molecule has 0 aliphatic heterocycles. The lowest BCUT2D eigenvalue weighted by atomic mass is 10.2. The van der Waals surface area contributed by atoms with E-state index >= 15 is 0 Å². The summed E-state index contributed by atoms with van der Waals surface area (Å²) in [6.45, 7) is 5.01. The van der Waals surface area contributed by atoms with Crippen molar-refractivity contribution in [3.8, 4) is 0 Å². The molecule has 6 heteroatoms. The molecule has 0 amide bonds. The standard InChI is InChI=1S/C13H17N3O3/c1-3-18-12(19-4-2)9-16-13(17)10-7-5-6-8-11(10)14-15-16/h5-8,12H,3-4,9H2,1-2H3. The van der Waals surface area contributed by atoms with Crippen molar-refractivity contribution in [2.24, 2.45) is 0 Å². The van der Waals surface area contributed by atoms with Crippen LogP contribution in [0.1, 0.15) is 13.8 Å². The van der Waals surface area contributed by atoms with E-state index in [1.54, 1.807) is 18.2 Å². The Bertz CT molecular complexity index is 591. The highest BCUT2D eigenvalue weighted by atomic mass is 16.7. The molecule has 1 aromatic carbocycles. The predicted molar refractivity (Wildman–Crippen MR) is 70.8 cm³/mol. The van der Waals surface area contributed by atoms with E-state index in [0.29, 0.717) is 24.1 Å². The fourth-order valence-electron chi connectivity index (χ4n) is 1.81. The van der Waals surface area contributed by atoms with Gasteiger partial charge in [0.1, 0.15) is 5.52 Å². The molecule has 1 aromatic heterocycles. The zero-order valence-corrected chi connectivity index (χ0v) is 11.1. The van der Waals surface area contributed by atoms with Gasteiger partial charge in [0, 0.05) is 13.2 Å². The van der Waals surface area contributed by atoms with Crippen molar-refractivity contribution in [2.75, 3.05) is 13.2 Å². The summed E-state index contributed by atoms with van der Waals surface area (Å²) in [5, 5.41) is 8.47. The quantitative estimate of drug-likeness (QED) is 0.732. The first kappa shape index (κ1) is 13.6. The molecule has 0 aliphatic carbocycles. The number of hydrogen-bond donors (Lipinski definition) is 0. The van der Waals surface area contributed by atoms with Crippen molar-refractivity contribution < 1.29 is 9.47 Å². The van der Waals surface area contributed by atoms with Crippen LogP contribution < -0.4 is 5.56 Å². The molecule has 1 heterocycles. The van der Waals surface area contributed by atoms with Crippen LogP contribution in [0.5, 0.6) is 0 Å². The average Bonchev–Trinajstić information content (AvgIpc) is 2.43. The van der Waals surface area contributed by atoms with Crippen molar-refractivity contribution in [3.63, 3.8) is 0 Å². The molecule has 0 atom stereocenters. The lowest BCUT2D eigenvalue weighted by molar-refractivity contribution is -0.145. The van der Waals surface area contributed by atoms with Crippen molar-refractivity contribution in [2.45, 2.75) is 26.7 Å². The second kappa shape index (κ2) is 6.40. The summed E-state index contributed by atoms with van der Waals surface area (Å²) >= 11 is 0. The Kier molecular flexibility index (Phi) is 4.59. The topological polar surface area (TPSA) is 66.2 Å². The van der Waals surface area contributed by atoms with Crippen LogP contribution >= 0.6 is 0 Å². The summed E-state index contributed by atoms with van der Waals surface area (Å²) in [4.78, 5) is 12.2. The zero-order chi connectivity index (χ0) is 13.7. The molecule has 2 rings (SSSR count). The van der Waals surface area contributed by atoms with Gasteiger partial charge in [0.2, 0.25) is 0 Å². The van der Waals surface area contributed by atoms with Gasteiger partial charge in [0.25, 0.3) is 5.56 Å². The van der Waals surface area contributed by atoms with Gasteiger partial charge in [0.05, 0.1) is 11.9 Å². The third-order valence-corrected chi connectivity index (χ3v) is 2.66. The summed E-state index contributed by atoms with van der Waals surface area (Å²) in [5.41, 5.74) is 0.406. The molecule has 0 spiro atoms. The first-order valence-electron chi connectivity index (χ1n) is 6.32. The summed E-state index contributed by atoms with van der Waals surface area (Å²) < 4.78 is 12.1. The highest BCUT2D eigenvalue weighted by molar-refractivity contribution is 5.76. The van der Waals surface area contributed by atoms with Gasteiger partial charge in [-0.05, 0) is 26.0 Å². The van der Waals surface area contributed by atoms with Crippen LogP contribution in [0.25, 0.3) is 10.9 Å². The number of ether oxygens (including phenoxy) is 2. The van der Waals surface area contributed by atoms with Gasteiger partial charge in [-0.25, -0.2) is 4.68 Å². The van der Waals surface area contributed by atoms with Crippen molar-refractivity contribution in [1.29, 1.82) is 0 Å². The Morgan fingerprint density at radius 2 is 1.89 bits per heavy atom. The van der Waals surface area contributed by atoms with Gasteiger partial charge in [-0.2, -0.15) is 0 Å². The minimum Gasteiger partial charge on any atom is -0.351 e. The minimum absolute atomic E-state index is 0.185. The van der Waals surface area contributed by atoms with E-state index in [2.05, 4.69) is 10.3 Å². The van der Waals surface area contributed by atoms with Gasteiger partial charge in [-0.15, -0.1) is 5.10 Å². The Labute approximate surface area is 110 Å². The van der Waals surface area contributed by atoms with E-state index in [1.165, 1.54) is 4.68 Å². The van der Waals surface area contributed by atoms with Crippen molar-refractivity contribution in [3.05, 3.63) is 34.6 Å². The number of nitrogens with zero attached hydrogens (tertiary/aromatic N) is 3. The molecule has 102 valence electrons. The van der Waals surface area contributed by atoms with Crippen LogP contribution in [0.15, 0.2) is 29.1 Å². The minimum atomic E-state index is -0.483. The second-order valence-electron chi connectivity index (χ2n) is 3.93. The van der Waals surface area contributed by atoms with Gasteiger partial charge in [-0.1, -0.05) is 17.3 Å². The van der Waals surface area contributed by atoms with Crippen LogP contribution in [0.3, 0.4) is 0 Å². The monoisotopic (exact) mass is 263 g/mol. The SMILES string of the molecule is CCOC(Cn1nnc2ccccc2c1=O)OCC. The summed E-state index contributed by atoms with van der Waals surface area (Å²) in [5.74, 6) is 0. The lowest BCUT2D eigenvalue weighted by Gasteiger charge is -2.16. The van der Waals surface area contributed by atoms with Gasteiger partial charge >= 0.3 is 0 Å². The van der Waals surface area contributed by atoms with E-state index in [0.717, 1.165) is 0 Å². The number of aromatic nitrogens is 3. The highest BCUT2D eigenvalue weighted by Crippen LogP contribution is 2.04. The Balaban J connectivity index is 2.29. The average molecular weight is 263 g/mol. The summed E-state index contributed by atoms with van der Waals surface area (Å²) in [7, 11) is 0. The van der Waals surface area contributed by atoms with E-state index in [4.69, 9.17) is 9.47 Å². The van der Waals surface area contributed by atoms with E-state index in [-0.39, 0.29) is 12.1 Å². The maximum absolute atomic E-state index is 12.2. The van der Waals surface area contributed by atoms with Gasteiger partial charge in [0.15, 0.2) is 6.29 Å². The van der Waals surface area contributed by atoms with Crippen LogP contribution in [-0.4, -0.2) is 34.5 Å². The Morgan fingerprint density at radius 3 is 2.58 bits per heavy atom. The lowest BCUT2D eigenvalue weighted by Crippen LogP contribution is -2.32. The van der Waals surface area contributed by atoms with Crippen LogP contribution in [-0.2, 0) is 16.0 Å². The number of rotatable bonds is 6. The maximum atomic E-state index is 12.2. The fraction of sp³-hybridized carbons (Fsp3) is 0.462. The van der Waals surface area contributed by atoms with Crippen molar-refractivity contribution in [1.82, 2.24) is 15.0 Å². The van der Waals surface area contributed by atoms with Crippen LogP contribution in [0.2, 0.25) is 0 Å². The molecular formula is C13H17N3O3. The molecule has 0 fully saturated rings. The molecule has 0 saturated carbocycles. The fourth-order valence-corrected chi connectivity index (χ4v) is 1.81. The first-order valence-corrected chi connectivity index (χ1v) is 6.32. The third kappa shape index (κ3) is 3.15. The number of benzene rings is 1. The van der Waals surface area contributed by atoms with Gasteiger partial charge < -0.3 is 9.47 Å². The molecule has 6 nitrogen and oxygen atoms in total. The van der Waals surface area contributed by atoms with E-state index < -0.39 is 6.29 Å². The summed E-state index contributed by atoms with van der Waals surface area (Å²) in [6, 6.07) is 7.12.